The number of halogens is 2. The number of unbranched alkanes of at least 4 members (excludes halogenated alkanes) is 2. The SMILES string of the molecule is CCCCC1(CC2(CCCC)C=CC=C2)C=CC=C1.[Cl-].[Cl-].[Ti+2]. The molecule has 0 aromatic heterocycles. The summed E-state index contributed by atoms with van der Waals surface area (Å²) < 4.78 is 0. The summed E-state index contributed by atoms with van der Waals surface area (Å²) in [5.74, 6) is 0. The van der Waals surface area contributed by atoms with Crippen molar-refractivity contribution < 1.29 is 46.5 Å². The van der Waals surface area contributed by atoms with E-state index < -0.39 is 0 Å². The van der Waals surface area contributed by atoms with Gasteiger partial charge in [0.25, 0.3) is 0 Å². The zero-order valence-corrected chi connectivity index (χ0v) is 16.9. The molecule has 122 valence electrons. The molecule has 0 unspecified atom stereocenters. The fourth-order valence-electron chi connectivity index (χ4n) is 3.47. The van der Waals surface area contributed by atoms with Crippen molar-refractivity contribution in [1.82, 2.24) is 0 Å². The van der Waals surface area contributed by atoms with E-state index in [0.29, 0.717) is 10.8 Å². The molecule has 0 N–H and O–H groups in total. The van der Waals surface area contributed by atoms with Crippen LogP contribution >= 0.6 is 0 Å². The number of allylic oxidation sites excluding steroid dienone is 8. The smallest absolute Gasteiger partial charge is 1.00 e. The molecular weight excluding hydrogens is 347 g/mol. The Morgan fingerprint density at radius 2 is 0.955 bits per heavy atom. The van der Waals surface area contributed by atoms with Crippen LogP contribution in [0.4, 0.5) is 0 Å². The molecule has 0 heterocycles. The van der Waals surface area contributed by atoms with E-state index in [4.69, 9.17) is 0 Å². The van der Waals surface area contributed by atoms with Crippen molar-refractivity contribution in [2.24, 2.45) is 10.8 Å². The van der Waals surface area contributed by atoms with Crippen molar-refractivity contribution in [2.45, 2.75) is 58.8 Å². The number of hydrogen-bond donors (Lipinski definition) is 0. The maximum atomic E-state index is 2.44. The molecule has 2 aliphatic rings. The van der Waals surface area contributed by atoms with E-state index in [1.165, 1.54) is 44.9 Å². The van der Waals surface area contributed by atoms with Gasteiger partial charge in [-0.25, -0.2) is 0 Å². The Morgan fingerprint density at radius 3 is 1.23 bits per heavy atom. The van der Waals surface area contributed by atoms with Crippen molar-refractivity contribution in [3.8, 4) is 0 Å². The fraction of sp³-hybridized carbons (Fsp3) is 0.579. The molecule has 0 nitrogen and oxygen atoms in total. The third-order valence-corrected chi connectivity index (χ3v) is 4.58. The molecular formula is C19H28Cl2Ti. The quantitative estimate of drug-likeness (QED) is 0.524. The van der Waals surface area contributed by atoms with Gasteiger partial charge in [0.1, 0.15) is 0 Å². The molecule has 0 radical (unpaired) electrons. The van der Waals surface area contributed by atoms with Crippen molar-refractivity contribution in [2.75, 3.05) is 0 Å². The molecule has 0 bridgehead atoms. The van der Waals surface area contributed by atoms with Crippen LogP contribution in [0.3, 0.4) is 0 Å². The van der Waals surface area contributed by atoms with Crippen LogP contribution < -0.4 is 24.8 Å². The van der Waals surface area contributed by atoms with Crippen LogP contribution in [0.15, 0.2) is 48.6 Å². The number of hydrogen-bond acceptors (Lipinski definition) is 0. The van der Waals surface area contributed by atoms with Gasteiger partial charge >= 0.3 is 21.7 Å². The maximum absolute atomic E-state index is 2.44. The summed E-state index contributed by atoms with van der Waals surface area (Å²) >= 11 is 0. The van der Waals surface area contributed by atoms with E-state index in [9.17, 15) is 0 Å². The Kier molecular flexibility index (Phi) is 13.1. The van der Waals surface area contributed by atoms with E-state index in [1.807, 2.05) is 0 Å². The van der Waals surface area contributed by atoms with Crippen molar-refractivity contribution in [3.05, 3.63) is 48.6 Å². The largest absolute Gasteiger partial charge is 2.00 e. The zero-order valence-electron chi connectivity index (χ0n) is 13.8. The van der Waals surface area contributed by atoms with E-state index in [-0.39, 0.29) is 46.5 Å². The second-order valence-electron chi connectivity index (χ2n) is 6.29. The van der Waals surface area contributed by atoms with Crippen molar-refractivity contribution in [3.63, 3.8) is 0 Å². The van der Waals surface area contributed by atoms with E-state index in [2.05, 4.69) is 62.5 Å². The average Bonchev–Trinajstić information content (AvgIpc) is 3.05. The summed E-state index contributed by atoms with van der Waals surface area (Å²) in [7, 11) is 0. The Bertz CT molecular complexity index is 346. The van der Waals surface area contributed by atoms with Gasteiger partial charge in [0.05, 0.1) is 0 Å². The third-order valence-electron chi connectivity index (χ3n) is 4.58. The first kappa shape index (κ1) is 24.5. The summed E-state index contributed by atoms with van der Waals surface area (Å²) in [4.78, 5) is 0. The van der Waals surface area contributed by atoms with Crippen LogP contribution in [-0.2, 0) is 21.7 Å². The normalized spacial score (nSPS) is 18.6. The monoisotopic (exact) mass is 374 g/mol. The summed E-state index contributed by atoms with van der Waals surface area (Å²) in [6, 6.07) is 0. The first-order valence-corrected chi connectivity index (χ1v) is 7.98. The minimum Gasteiger partial charge on any atom is -1.00 e. The van der Waals surface area contributed by atoms with Gasteiger partial charge in [-0.05, 0) is 19.3 Å². The molecule has 0 saturated heterocycles. The van der Waals surface area contributed by atoms with Gasteiger partial charge in [0.2, 0.25) is 0 Å². The van der Waals surface area contributed by atoms with Gasteiger partial charge in [-0.1, -0.05) is 88.1 Å². The molecule has 2 rings (SSSR count). The van der Waals surface area contributed by atoms with E-state index in [0.717, 1.165) is 0 Å². The van der Waals surface area contributed by atoms with Gasteiger partial charge in [0.15, 0.2) is 0 Å². The van der Waals surface area contributed by atoms with Crippen LogP contribution in [-0.4, -0.2) is 0 Å². The molecule has 0 atom stereocenters. The van der Waals surface area contributed by atoms with Gasteiger partial charge in [-0.2, -0.15) is 0 Å². The van der Waals surface area contributed by atoms with Gasteiger partial charge in [-0.15, -0.1) is 0 Å². The van der Waals surface area contributed by atoms with Crippen molar-refractivity contribution >= 4 is 0 Å². The Morgan fingerprint density at radius 1 is 0.636 bits per heavy atom. The molecule has 0 amide bonds. The van der Waals surface area contributed by atoms with Crippen molar-refractivity contribution in [1.29, 1.82) is 0 Å². The summed E-state index contributed by atoms with van der Waals surface area (Å²) in [5.41, 5.74) is 0.617. The summed E-state index contributed by atoms with van der Waals surface area (Å²) in [6.45, 7) is 4.58. The molecule has 22 heavy (non-hydrogen) atoms. The molecule has 0 aromatic carbocycles. The van der Waals surface area contributed by atoms with Crippen LogP contribution in [0.25, 0.3) is 0 Å². The molecule has 0 fully saturated rings. The van der Waals surface area contributed by atoms with Crippen LogP contribution in [0, 0.1) is 10.8 Å². The fourth-order valence-corrected chi connectivity index (χ4v) is 3.47. The Hall–Kier alpha value is 0.254. The first-order chi connectivity index (χ1) is 9.24. The summed E-state index contributed by atoms with van der Waals surface area (Å²) in [5, 5.41) is 0. The van der Waals surface area contributed by atoms with Crippen LogP contribution in [0.1, 0.15) is 58.8 Å². The predicted octanol–water partition coefficient (Wildman–Crippen LogP) is -0.0128. The Labute approximate surface area is 164 Å². The predicted molar refractivity (Wildman–Crippen MR) is 85.1 cm³/mol. The average molecular weight is 375 g/mol. The maximum Gasteiger partial charge on any atom is 2.00 e. The minimum absolute atomic E-state index is 0. The standard InChI is InChI=1S/C19H28.2ClH.Ti/c1-3-5-11-18(13-7-8-14-18)17-19(12-6-4-2)15-9-10-16-19;;;/h7-10,13-16H,3-6,11-12,17H2,1-2H3;2*1H;/q;;;+2/p-2. The van der Waals surface area contributed by atoms with Crippen LogP contribution in [0.5, 0.6) is 0 Å². The molecule has 3 heteroatoms. The van der Waals surface area contributed by atoms with E-state index >= 15 is 0 Å². The molecule has 2 aliphatic carbocycles. The number of rotatable bonds is 8. The topological polar surface area (TPSA) is 0 Å². The van der Waals surface area contributed by atoms with Gasteiger partial charge in [0, 0.05) is 10.8 Å². The van der Waals surface area contributed by atoms with Gasteiger partial charge in [-0.3, -0.25) is 0 Å². The minimum atomic E-state index is 0. The second kappa shape index (κ2) is 11.7. The molecule has 0 aromatic rings. The van der Waals surface area contributed by atoms with Gasteiger partial charge < -0.3 is 24.8 Å². The third kappa shape index (κ3) is 6.40. The zero-order chi connectivity index (χ0) is 13.6. The first-order valence-electron chi connectivity index (χ1n) is 7.98. The van der Waals surface area contributed by atoms with E-state index in [1.54, 1.807) is 0 Å². The second-order valence-corrected chi connectivity index (χ2v) is 6.29. The molecule has 0 spiro atoms. The molecule has 0 aliphatic heterocycles. The van der Waals surface area contributed by atoms with Crippen LogP contribution in [0.2, 0.25) is 0 Å². The molecule has 0 saturated carbocycles. The Balaban J connectivity index is 0. The summed E-state index contributed by atoms with van der Waals surface area (Å²) in [6.07, 6.45) is 27.8.